The molecule has 0 atom stereocenters. The number of hydrogen-bond donors (Lipinski definition) is 3. The monoisotopic (exact) mass is 410 g/mol. The molecular formula is C24H18N4O3. The van der Waals surface area contributed by atoms with E-state index in [9.17, 15) is 14.7 Å². The van der Waals surface area contributed by atoms with Crippen LogP contribution in [0.2, 0.25) is 0 Å². The number of rotatable bonds is 5. The molecule has 0 fully saturated rings. The molecule has 7 heteroatoms. The van der Waals surface area contributed by atoms with Gasteiger partial charge in [0.1, 0.15) is 11.3 Å². The van der Waals surface area contributed by atoms with E-state index >= 15 is 0 Å². The molecule has 1 amide bonds. The van der Waals surface area contributed by atoms with E-state index in [1.54, 1.807) is 12.1 Å². The summed E-state index contributed by atoms with van der Waals surface area (Å²) in [6.45, 7) is 0. The smallest absolute Gasteiger partial charge is 0.277 e. The number of hydrazone groups is 1. The average molecular weight is 410 g/mol. The quantitative estimate of drug-likeness (QED) is 0.345. The molecule has 0 spiro atoms. The van der Waals surface area contributed by atoms with Crippen molar-refractivity contribution in [1.29, 1.82) is 0 Å². The van der Waals surface area contributed by atoms with Crippen LogP contribution >= 0.6 is 0 Å². The van der Waals surface area contributed by atoms with Crippen LogP contribution < -0.4 is 11.0 Å². The molecule has 31 heavy (non-hydrogen) atoms. The first-order valence-corrected chi connectivity index (χ1v) is 9.49. The van der Waals surface area contributed by atoms with Gasteiger partial charge in [-0.1, -0.05) is 72.8 Å². The predicted molar refractivity (Wildman–Crippen MR) is 119 cm³/mol. The molecule has 4 rings (SSSR count). The summed E-state index contributed by atoms with van der Waals surface area (Å²) in [5.74, 6) is -0.587. The highest BCUT2D eigenvalue weighted by Gasteiger charge is 2.22. The maximum Gasteiger partial charge on any atom is 0.277 e. The fourth-order valence-electron chi connectivity index (χ4n) is 3.18. The molecule has 1 aromatic heterocycles. The summed E-state index contributed by atoms with van der Waals surface area (Å²) in [6, 6.07) is 24.8. The van der Waals surface area contributed by atoms with Gasteiger partial charge in [0.2, 0.25) is 0 Å². The average Bonchev–Trinajstić information content (AvgIpc) is 2.80. The van der Waals surface area contributed by atoms with E-state index in [0.717, 1.165) is 5.56 Å². The van der Waals surface area contributed by atoms with Gasteiger partial charge >= 0.3 is 0 Å². The lowest BCUT2D eigenvalue weighted by molar-refractivity contribution is 0.0954. The summed E-state index contributed by atoms with van der Waals surface area (Å²) >= 11 is 0. The lowest BCUT2D eigenvalue weighted by atomic mass is 9.95. The normalized spacial score (nSPS) is 10.8. The minimum absolute atomic E-state index is 0.0831. The molecule has 0 aliphatic rings. The van der Waals surface area contributed by atoms with Crippen LogP contribution in [0.25, 0.3) is 22.4 Å². The molecule has 3 N–H and O–H groups in total. The second-order valence-electron chi connectivity index (χ2n) is 6.68. The van der Waals surface area contributed by atoms with Crippen molar-refractivity contribution in [2.24, 2.45) is 5.10 Å². The summed E-state index contributed by atoms with van der Waals surface area (Å²) in [7, 11) is 0. The summed E-state index contributed by atoms with van der Waals surface area (Å²) in [6.07, 6.45) is 1.38. The first-order chi connectivity index (χ1) is 15.1. The first-order valence-electron chi connectivity index (χ1n) is 9.49. The van der Waals surface area contributed by atoms with Crippen LogP contribution in [0.1, 0.15) is 15.9 Å². The van der Waals surface area contributed by atoms with E-state index in [0.29, 0.717) is 22.4 Å². The molecule has 3 aromatic carbocycles. The Bertz CT molecular complexity index is 1300. The Labute approximate surface area is 177 Å². The minimum Gasteiger partial charge on any atom is -0.508 e. The second kappa shape index (κ2) is 8.87. The Hall–Kier alpha value is -4.52. The molecule has 7 nitrogen and oxygen atoms in total. The van der Waals surface area contributed by atoms with Crippen LogP contribution in [0.3, 0.4) is 0 Å². The predicted octanol–water partition coefficient (Wildman–Crippen LogP) is 3.57. The van der Waals surface area contributed by atoms with Gasteiger partial charge in [-0.25, -0.2) is 10.5 Å². The van der Waals surface area contributed by atoms with Crippen LogP contribution in [-0.4, -0.2) is 27.4 Å². The lowest BCUT2D eigenvalue weighted by Crippen LogP contribution is -2.28. The van der Waals surface area contributed by atoms with Crippen LogP contribution in [0.4, 0.5) is 0 Å². The van der Waals surface area contributed by atoms with Gasteiger partial charge in [-0.2, -0.15) is 10.2 Å². The highest BCUT2D eigenvalue weighted by molar-refractivity contribution is 6.03. The zero-order valence-electron chi connectivity index (χ0n) is 16.3. The molecular weight excluding hydrogens is 392 g/mol. The molecule has 0 saturated heterocycles. The van der Waals surface area contributed by atoms with Crippen LogP contribution in [0.15, 0.2) is 94.8 Å². The third-order valence-corrected chi connectivity index (χ3v) is 4.57. The number of aromatic hydroxyl groups is 1. The van der Waals surface area contributed by atoms with Gasteiger partial charge in [-0.05, 0) is 23.3 Å². The number of nitrogens with zero attached hydrogens (tertiary/aromatic N) is 2. The van der Waals surface area contributed by atoms with Gasteiger partial charge in [0, 0.05) is 11.1 Å². The lowest BCUT2D eigenvalue weighted by Gasteiger charge is -2.12. The van der Waals surface area contributed by atoms with E-state index < -0.39 is 11.5 Å². The Morgan fingerprint density at radius 1 is 0.935 bits per heavy atom. The second-order valence-corrected chi connectivity index (χ2v) is 6.68. The first kappa shape index (κ1) is 19.8. The summed E-state index contributed by atoms with van der Waals surface area (Å²) in [4.78, 5) is 25.6. The maximum atomic E-state index is 13.0. The number of phenolic OH excluding ortho intramolecular Hbond substituents is 1. The third kappa shape index (κ3) is 4.40. The number of phenols is 1. The standard InChI is InChI=1S/C24H18N4O3/c29-19-13-7-8-16(14-19)15-25-27-23(30)21-20(17-9-3-1-4-10-17)22(26-28-24(21)31)18-11-5-2-6-12-18/h1-15,29H,(H,27,30)(H,28,31)/b25-15+. The van der Waals surface area contributed by atoms with Crippen molar-refractivity contribution in [3.05, 3.63) is 106 Å². The fraction of sp³-hybridized carbons (Fsp3) is 0. The number of nitrogens with one attached hydrogen (secondary N) is 2. The van der Waals surface area contributed by atoms with Crippen molar-refractivity contribution in [1.82, 2.24) is 15.6 Å². The third-order valence-electron chi connectivity index (χ3n) is 4.57. The van der Waals surface area contributed by atoms with Crippen molar-refractivity contribution in [3.8, 4) is 28.1 Å². The highest BCUT2D eigenvalue weighted by Crippen LogP contribution is 2.31. The number of carbonyl (C=O) groups excluding carboxylic acids is 1. The number of amides is 1. The van der Waals surface area contributed by atoms with E-state index in [2.05, 4.69) is 20.7 Å². The molecule has 0 unspecified atom stereocenters. The number of benzene rings is 3. The van der Waals surface area contributed by atoms with E-state index in [4.69, 9.17) is 0 Å². The number of carbonyl (C=O) groups is 1. The van der Waals surface area contributed by atoms with Crippen molar-refractivity contribution >= 4 is 12.1 Å². The van der Waals surface area contributed by atoms with Crippen molar-refractivity contribution < 1.29 is 9.90 Å². The van der Waals surface area contributed by atoms with E-state index in [-0.39, 0.29) is 11.3 Å². The Morgan fingerprint density at radius 2 is 1.61 bits per heavy atom. The summed E-state index contributed by atoms with van der Waals surface area (Å²) < 4.78 is 0. The molecule has 0 saturated carbocycles. The molecule has 4 aromatic rings. The SMILES string of the molecule is O=C(N/N=C/c1cccc(O)c1)c1c(-c2ccccc2)c(-c2ccccc2)n[nH]c1=O. The number of hydrogen-bond acceptors (Lipinski definition) is 5. The van der Waals surface area contributed by atoms with Gasteiger partial charge in [0.15, 0.2) is 0 Å². The van der Waals surface area contributed by atoms with E-state index in [1.807, 2.05) is 60.7 Å². The largest absolute Gasteiger partial charge is 0.508 e. The van der Waals surface area contributed by atoms with Gasteiger partial charge in [0.05, 0.1) is 11.9 Å². The van der Waals surface area contributed by atoms with Crippen LogP contribution in [-0.2, 0) is 0 Å². The number of aromatic amines is 1. The van der Waals surface area contributed by atoms with Crippen LogP contribution in [0.5, 0.6) is 5.75 Å². The molecule has 0 bridgehead atoms. The fourth-order valence-corrected chi connectivity index (χ4v) is 3.18. The zero-order chi connectivity index (χ0) is 21.6. The minimum atomic E-state index is -0.670. The summed E-state index contributed by atoms with van der Waals surface area (Å²) in [5.41, 5.74) is 4.62. The molecule has 0 aliphatic heterocycles. The molecule has 0 aliphatic carbocycles. The van der Waals surface area contributed by atoms with Crippen molar-refractivity contribution in [2.45, 2.75) is 0 Å². The van der Waals surface area contributed by atoms with Gasteiger partial charge in [-0.15, -0.1) is 0 Å². The molecule has 0 radical (unpaired) electrons. The molecule has 152 valence electrons. The van der Waals surface area contributed by atoms with Gasteiger partial charge in [-0.3, -0.25) is 9.59 Å². The highest BCUT2D eigenvalue weighted by atomic mass is 16.3. The van der Waals surface area contributed by atoms with Crippen LogP contribution in [0, 0.1) is 0 Å². The van der Waals surface area contributed by atoms with E-state index in [1.165, 1.54) is 18.3 Å². The Balaban J connectivity index is 1.78. The topological polar surface area (TPSA) is 107 Å². The summed E-state index contributed by atoms with van der Waals surface area (Å²) in [5, 5.41) is 20.1. The van der Waals surface area contributed by atoms with Crippen molar-refractivity contribution in [2.75, 3.05) is 0 Å². The maximum absolute atomic E-state index is 13.0. The van der Waals surface area contributed by atoms with Gasteiger partial charge in [0.25, 0.3) is 11.5 Å². The molecule has 1 heterocycles. The van der Waals surface area contributed by atoms with Crippen molar-refractivity contribution in [3.63, 3.8) is 0 Å². The zero-order valence-corrected chi connectivity index (χ0v) is 16.3. The van der Waals surface area contributed by atoms with Gasteiger partial charge < -0.3 is 5.11 Å². The number of H-pyrrole nitrogens is 1. The Kier molecular flexibility index (Phi) is 5.66. The Morgan fingerprint density at radius 3 is 2.29 bits per heavy atom. The number of aromatic nitrogens is 2.